The number of fused-ring (bicyclic) bond motifs is 3. The molecule has 3 heteroatoms. The van der Waals surface area contributed by atoms with Gasteiger partial charge in [-0.2, -0.15) is 108 Å². The molecule has 0 amide bonds. The molecule has 0 N–H and O–H groups in total. The molecule has 0 saturated heterocycles. The molecule has 0 spiro atoms. The zero-order valence-corrected chi connectivity index (χ0v) is 32.6. The third-order valence-corrected chi connectivity index (χ3v) is 7.32. The van der Waals surface area contributed by atoms with Crippen molar-refractivity contribution in [3.8, 4) is 11.1 Å². The van der Waals surface area contributed by atoms with Crippen molar-refractivity contribution < 1.29 is 24.2 Å². The van der Waals surface area contributed by atoms with Crippen molar-refractivity contribution in [2.24, 2.45) is 5.92 Å². The third-order valence-electron chi connectivity index (χ3n) is 7.32. The first-order valence-electron chi connectivity index (χ1n) is 15.0. The quantitative estimate of drug-likeness (QED) is 0.140. The molecule has 0 heterocycles. The van der Waals surface area contributed by atoms with E-state index in [-0.39, 0.29) is 35.6 Å². The summed E-state index contributed by atoms with van der Waals surface area (Å²) in [5.74, 6) is 0.551. The summed E-state index contributed by atoms with van der Waals surface area (Å²) in [4.78, 5) is 0. The van der Waals surface area contributed by atoms with Crippen LogP contribution in [0.15, 0.2) is 108 Å². The summed E-state index contributed by atoms with van der Waals surface area (Å²) in [6, 6.07) is 40.4. The minimum Gasteiger partial charge on any atom is -0.179 e. The van der Waals surface area contributed by atoms with Gasteiger partial charge in [0.25, 0.3) is 0 Å². The predicted molar refractivity (Wildman–Crippen MR) is 198 cm³/mol. The summed E-state index contributed by atoms with van der Waals surface area (Å²) < 4.78 is 3.34. The minimum atomic E-state index is 0. The second kappa shape index (κ2) is 20.7. The maximum absolute atomic E-state index is 3.34. The molecule has 0 aliphatic heterocycles. The number of benzene rings is 4. The summed E-state index contributed by atoms with van der Waals surface area (Å²) in [5, 5.41) is 0. The van der Waals surface area contributed by atoms with Gasteiger partial charge in [0.2, 0.25) is 0 Å². The van der Waals surface area contributed by atoms with Crippen molar-refractivity contribution in [2.45, 2.75) is 79.6 Å². The molecule has 240 valence electrons. The van der Waals surface area contributed by atoms with E-state index in [0.29, 0.717) is 5.92 Å². The third kappa shape index (κ3) is 14.3. The van der Waals surface area contributed by atoms with Crippen molar-refractivity contribution >= 4 is 29.0 Å². The zero-order chi connectivity index (χ0) is 32.0. The van der Waals surface area contributed by atoms with Crippen LogP contribution in [0.5, 0.6) is 0 Å². The molecule has 1 unspecified atom stereocenters. The molecular weight excluding hydrogens is 667 g/mol. The van der Waals surface area contributed by atoms with Gasteiger partial charge < -0.3 is 0 Å². The molecule has 0 aromatic heterocycles. The maximum Gasteiger partial charge on any atom is -0.0253 e. The molecule has 0 bridgehead atoms. The fourth-order valence-corrected chi connectivity index (χ4v) is 4.77. The summed E-state index contributed by atoms with van der Waals surface area (Å²) >= 11 is 1.30. The van der Waals surface area contributed by atoms with Crippen LogP contribution in [-0.2, 0) is 41.5 Å². The predicted octanol–water partition coefficient (Wildman–Crippen LogP) is 11.8. The number of halogens is 2. The second-order valence-corrected chi connectivity index (χ2v) is 12.9. The summed E-state index contributed by atoms with van der Waals surface area (Å²) in [7, 11) is 0. The Bertz CT molecular complexity index is 1350. The van der Waals surface area contributed by atoms with Crippen LogP contribution in [0.1, 0.15) is 84.6 Å². The van der Waals surface area contributed by atoms with E-state index < -0.39 is 0 Å². The summed E-state index contributed by atoms with van der Waals surface area (Å²) in [5.41, 5.74) is 11.5. The molecule has 6 rings (SSSR count). The zero-order valence-electron chi connectivity index (χ0n) is 28.5. The van der Waals surface area contributed by atoms with Crippen molar-refractivity contribution in [3.05, 3.63) is 155 Å². The van der Waals surface area contributed by atoms with Crippen LogP contribution in [-0.4, -0.2) is 4.21 Å². The Labute approximate surface area is 302 Å². The van der Waals surface area contributed by atoms with Gasteiger partial charge in [0.05, 0.1) is 0 Å². The molecule has 4 aromatic carbocycles. The van der Waals surface area contributed by atoms with Gasteiger partial charge in [-0.3, -0.25) is 6.08 Å². The number of hydrogen-bond donors (Lipinski definition) is 0. The SMILES string of the molecule is CC(C)(C)c1cc[c-]cc1.CC(C)(C)c1cc[c-]cc1.CC1=[C-]C(C)C=C1C.Cl.Cl.[CH2]=[Zr].[c-]1cccc2c1Cc1ccccc1-2. The summed E-state index contributed by atoms with van der Waals surface area (Å²) in [6.07, 6.45) is 6.57. The van der Waals surface area contributed by atoms with E-state index in [1.807, 2.05) is 30.3 Å². The van der Waals surface area contributed by atoms with E-state index in [2.05, 4.69) is 158 Å². The van der Waals surface area contributed by atoms with Crippen LogP contribution >= 0.6 is 24.8 Å². The van der Waals surface area contributed by atoms with Crippen LogP contribution < -0.4 is 0 Å². The van der Waals surface area contributed by atoms with Crippen LogP contribution in [0.4, 0.5) is 0 Å². The molecule has 2 aliphatic carbocycles. The number of rotatable bonds is 0. The van der Waals surface area contributed by atoms with Crippen molar-refractivity contribution in [3.63, 3.8) is 0 Å². The monoisotopic (exact) mass is 714 g/mol. The van der Waals surface area contributed by atoms with Crippen LogP contribution in [0.3, 0.4) is 0 Å². The van der Waals surface area contributed by atoms with Gasteiger partial charge >= 0.3 is 28.4 Å². The van der Waals surface area contributed by atoms with E-state index in [1.165, 1.54) is 68.8 Å². The Morgan fingerprint density at radius 3 is 1.51 bits per heavy atom. The molecule has 2 aliphatic rings. The van der Waals surface area contributed by atoms with Gasteiger partial charge in [-0.1, -0.05) is 96.7 Å². The standard InChI is InChI=1S/C13H9.2C10H13.C8H11.CH2.2ClH.Zr/c1-3-7-12-10(5-1)9-11-6-2-4-8-13(11)12;2*1-10(2,3)9-7-5-4-6-8-9;1-6-4-7(2)8(3)5-6;;;;/h1-5,7-8H,9H2;2*5-8H,1-3H3;4,6H,1-3H3;1H2;2*1H;/q4*-1;;;;. The molecule has 0 saturated carbocycles. The average molecular weight is 717 g/mol. The van der Waals surface area contributed by atoms with Gasteiger partial charge in [0.1, 0.15) is 0 Å². The smallest absolute Gasteiger partial charge is 0.0253 e. The Kier molecular flexibility index (Phi) is 19.7. The fraction of sp³-hybridized carbons (Fsp3) is 0.310. The molecule has 0 fully saturated rings. The van der Waals surface area contributed by atoms with Crippen molar-refractivity contribution in [1.29, 1.82) is 0 Å². The van der Waals surface area contributed by atoms with E-state index >= 15 is 0 Å². The normalized spacial score (nSPS) is 13.6. The molecule has 0 radical (unpaired) electrons. The first-order chi connectivity index (χ1) is 20.4. The van der Waals surface area contributed by atoms with Gasteiger partial charge in [-0.25, -0.2) is 11.1 Å². The van der Waals surface area contributed by atoms with Gasteiger partial charge in [-0.05, 0) is 17.3 Å². The van der Waals surface area contributed by atoms with Gasteiger partial charge in [-0.15, -0.1) is 37.3 Å². The Balaban J connectivity index is 0.000000563. The Morgan fingerprint density at radius 2 is 1.13 bits per heavy atom. The van der Waals surface area contributed by atoms with Crippen LogP contribution in [0, 0.1) is 30.2 Å². The number of hydrogen-bond acceptors (Lipinski definition) is 0. The molecule has 45 heavy (non-hydrogen) atoms. The van der Waals surface area contributed by atoms with Gasteiger partial charge in [0.15, 0.2) is 0 Å². The molecule has 0 nitrogen and oxygen atoms in total. The van der Waals surface area contributed by atoms with E-state index in [0.717, 1.165) is 6.42 Å². The van der Waals surface area contributed by atoms with Crippen LogP contribution in [0.2, 0.25) is 0 Å². The average Bonchev–Trinajstić information content (AvgIpc) is 3.52. The fourth-order valence-electron chi connectivity index (χ4n) is 4.77. The van der Waals surface area contributed by atoms with Crippen molar-refractivity contribution in [1.82, 2.24) is 0 Å². The molecule has 4 aromatic rings. The maximum atomic E-state index is 3.34. The van der Waals surface area contributed by atoms with Crippen LogP contribution in [0.25, 0.3) is 11.1 Å². The van der Waals surface area contributed by atoms with Crippen molar-refractivity contribution in [2.75, 3.05) is 0 Å². The molecule has 1 atom stereocenters. The number of allylic oxidation sites excluding steroid dienone is 4. The Morgan fingerprint density at radius 1 is 0.667 bits per heavy atom. The largest absolute Gasteiger partial charge is 0.179 e. The van der Waals surface area contributed by atoms with E-state index in [4.69, 9.17) is 0 Å². The topological polar surface area (TPSA) is 0 Å². The second-order valence-electron chi connectivity index (χ2n) is 12.9. The summed E-state index contributed by atoms with van der Waals surface area (Å²) in [6.45, 7) is 19.7. The van der Waals surface area contributed by atoms with E-state index in [9.17, 15) is 0 Å². The Hall–Kier alpha value is -2.31. The minimum absolute atomic E-state index is 0. The molecular formula is C42H50Cl2Zr-4. The van der Waals surface area contributed by atoms with Gasteiger partial charge in [0, 0.05) is 0 Å². The first kappa shape index (κ1) is 42.7. The van der Waals surface area contributed by atoms with E-state index in [1.54, 1.807) is 0 Å². The first-order valence-corrected chi connectivity index (χ1v) is 16.8.